The number of primary amides is 1. The first-order chi connectivity index (χ1) is 17.6. The first kappa shape index (κ1) is 27.0. The van der Waals surface area contributed by atoms with Crippen LogP contribution in [-0.4, -0.2) is 42.3 Å². The van der Waals surface area contributed by atoms with Crippen LogP contribution >= 0.6 is 11.6 Å². The molecular weight excluding hydrogens is 509 g/mol. The minimum Gasteiger partial charge on any atom is -0.489 e. The second-order valence-electron chi connectivity index (χ2n) is 9.29. The fourth-order valence-corrected chi connectivity index (χ4v) is 4.37. The summed E-state index contributed by atoms with van der Waals surface area (Å²) in [6.45, 7) is 3.79. The number of fused-ring (bicyclic) bond motifs is 1. The fourth-order valence-electron chi connectivity index (χ4n) is 4.13. The molecule has 6 nitrogen and oxygen atoms in total. The van der Waals surface area contributed by atoms with Gasteiger partial charge in [0.25, 0.3) is 11.7 Å². The van der Waals surface area contributed by atoms with Crippen molar-refractivity contribution in [2.75, 3.05) is 19.6 Å². The number of carbonyl (C=O) groups excluding carboxylic acids is 2. The summed E-state index contributed by atoms with van der Waals surface area (Å²) in [5.41, 5.74) is 5.30. The largest absolute Gasteiger partial charge is 0.489 e. The Hall–Kier alpha value is -3.04. The quantitative estimate of drug-likeness (QED) is 0.281. The average molecular weight is 537 g/mol. The van der Waals surface area contributed by atoms with E-state index in [2.05, 4.69) is 17.0 Å². The van der Waals surface area contributed by atoms with Crippen LogP contribution in [0.2, 0.25) is 5.02 Å². The predicted octanol–water partition coefficient (Wildman–Crippen LogP) is 6.03. The van der Waals surface area contributed by atoms with Gasteiger partial charge in [0.2, 0.25) is 0 Å². The molecule has 1 amide bonds. The van der Waals surface area contributed by atoms with Gasteiger partial charge in [0, 0.05) is 5.39 Å². The van der Waals surface area contributed by atoms with Crippen LogP contribution in [-0.2, 0) is 17.4 Å². The summed E-state index contributed by atoms with van der Waals surface area (Å²) in [6.07, 6.45) is 3.36. The average Bonchev–Trinajstić information content (AvgIpc) is 3.33. The summed E-state index contributed by atoms with van der Waals surface area (Å²) in [5.74, 6) is -1.84. The van der Waals surface area contributed by atoms with Crippen LogP contribution < -0.4 is 10.5 Å². The molecule has 0 bridgehead atoms. The number of carbonyl (C=O) groups is 2. The number of ether oxygens (including phenoxy) is 1. The molecule has 1 saturated heterocycles. The van der Waals surface area contributed by atoms with Gasteiger partial charge < -0.3 is 19.8 Å². The molecule has 1 aromatic heterocycles. The van der Waals surface area contributed by atoms with Crippen LogP contribution in [0.1, 0.15) is 53.8 Å². The Kier molecular flexibility index (Phi) is 8.44. The number of amides is 1. The lowest BCUT2D eigenvalue weighted by atomic mass is 10.1. The summed E-state index contributed by atoms with van der Waals surface area (Å²) < 4.78 is 48.0. The van der Waals surface area contributed by atoms with Crippen molar-refractivity contribution >= 4 is 34.3 Å². The lowest BCUT2D eigenvalue weighted by Gasteiger charge is -2.14. The molecule has 37 heavy (non-hydrogen) atoms. The van der Waals surface area contributed by atoms with E-state index in [4.69, 9.17) is 26.5 Å². The molecule has 1 aliphatic heterocycles. The normalized spacial score (nSPS) is 15.9. The third kappa shape index (κ3) is 7.49. The topological polar surface area (TPSA) is 85.8 Å². The van der Waals surface area contributed by atoms with Gasteiger partial charge in [-0.2, -0.15) is 13.2 Å². The number of Topliss-reactive ketones (excluding diaryl/α,β-unsaturated/α-hetero) is 1. The van der Waals surface area contributed by atoms with E-state index in [0.29, 0.717) is 6.10 Å². The number of ketones is 1. The summed E-state index contributed by atoms with van der Waals surface area (Å²) in [4.78, 5) is 24.4. The Morgan fingerprint density at radius 2 is 1.81 bits per heavy atom. The molecule has 0 atom stereocenters. The van der Waals surface area contributed by atoms with E-state index in [1.54, 1.807) is 0 Å². The highest BCUT2D eigenvalue weighted by Gasteiger charge is 2.31. The molecular formula is C27H28ClF3N2O4. The highest BCUT2D eigenvalue weighted by Crippen LogP contribution is 2.33. The number of hydrogen-bond acceptors (Lipinski definition) is 5. The molecule has 2 heterocycles. The number of rotatable bonds is 8. The Labute approximate surface area is 217 Å². The van der Waals surface area contributed by atoms with Crippen molar-refractivity contribution in [3.8, 4) is 5.75 Å². The van der Waals surface area contributed by atoms with Crippen LogP contribution in [0.4, 0.5) is 13.2 Å². The van der Waals surface area contributed by atoms with Gasteiger partial charge in [0.1, 0.15) is 11.3 Å². The number of halogens is 4. The van der Waals surface area contributed by atoms with Crippen molar-refractivity contribution in [1.82, 2.24) is 4.90 Å². The third-order valence-electron chi connectivity index (χ3n) is 6.24. The van der Waals surface area contributed by atoms with Crippen molar-refractivity contribution in [2.45, 2.75) is 50.8 Å². The highest BCUT2D eigenvalue weighted by atomic mass is 35.5. The van der Waals surface area contributed by atoms with Gasteiger partial charge in [0.15, 0.2) is 5.76 Å². The minimum absolute atomic E-state index is 0.0765. The van der Waals surface area contributed by atoms with Gasteiger partial charge in [-0.25, -0.2) is 0 Å². The van der Waals surface area contributed by atoms with E-state index in [1.165, 1.54) is 57.3 Å². The van der Waals surface area contributed by atoms with E-state index in [-0.39, 0.29) is 16.7 Å². The Bertz CT molecular complexity index is 1260. The van der Waals surface area contributed by atoms with Gasteiger partial charge in [0.05, 0.1) is 16.7 Å². The predicted molar refractivity (Wildman–Crippen MR) is 134 cm³/mol. The van der Waals surface area contributed by atoms with Gasteiger partial charge >= 0.3 is 6.18 Å². The first-order valence-electron chi connectivity index (χ1n) is 12.2. The molecule has 3 aromatic rings. The maximum atomic E-state index is 12.4. The molecule has 2 aliphatic rings. The summed E-state index contributed by atoms with van der Waals surface area (Å²) in [6, 6.07) is 10.1. The number of likely N-dealkylation sites (tertiary alicyclic amines) is 1. The molecule has 1 aliphatic carbocycles. The standard InChI is InChI=1S/C16H22ClNO.C11H6F3NO3/c17-15-12-13(4-3-11-18-9-1-2-10-18)5-8-16(15)19-14-6-7-14;12-11(13,14)6-1-2-7-5(3-6)4-8(18-7)9(16)10(15)17/h5,8,12,14H,1-4,6-7,9-11H2;1-4H,(H2,15,17). The van der Waals surface area contributed by atoms with E-state index in [0.717, 1.165) is 41.5 Å². The monoisotopic (exact) mass is 536 g/mol. The SMILES string of the molecule is Clc1cc(CCCN2CCCC2)ccc1OC1CC1.NC(=O)C(=O)c1cc2cc(C(F)(F)F)ccc2o1. The van der Waals surface area contributed by atoms with Crippen molar-refractivity contribution < 1.29 is 31.9 Å². The lowest BCUT2D eigenvalue weighted by molar-refractivity contribution is -0.137. The first-order valence-corrected chi connectivity index (χ1v) is 12.6. The number of alkyl halides is 3. The molecule has 0 spiro atoms. The molecule has 10 heteroatoms. The van der Waals surface area contributed by atoms with Crippen molar-refractivity contribution in [3.05, 3.63) is 64.4 Å². The van der Waals surface area contributed by atoms with Crippen LogP contribution in [0.25, 0.3) is 11.0 Å². The summed E-state index contributed by atoms with van der Waals surface area (Å²) in [5, 5.41) is 0.847. The van der Waals surface area contributed by atoms with Gasteiger partial charge in [-0.15, -0.1) is 0 Å². The van der Waals surface area contributed by atoms with E-state index < -0.39 is 23.4 Å². The minimum atomic E-state index is -4.49. The van der Waals surface area contributed by atoms with Gasteiger partial charge in [-0.1, -0.05) is 17.7 Å². The number of nitrogens with zero attached hydrogens (tertiary/aromatic N) is 1. The smallest absolute Gasteiger partial charge is 0.416 e. The molecule has 0 unspecified atom stereocenters. The number of furan rings is 1. The number of hydrogen-bond donors (Lipinski definition) is 1. The molecule has 1 saturated carbocycles. The van der Waals surface area contributed by atoms with Crippen molar-refractivity contribution in [2.24, 2.45) is 5.73 Å². The second-order valence-corrected chi connectivity index (χ2v) is 9.70. The van der Waals surface area contributed by atoms with E-state index >= 15 is 0 Å². The Morgan fingerprint density at radius 3 is 2.43 bits per heavy atom. The number of aryl methyl sites for hydroxylation is 1. The summed E-state index contributed by atoms with van der Waals surface area (Å²) in [7, 11) is 0. The molecule has 0 radical (unpaired) electrons. The summed E-state index contributed by atoms with van der Waals surface area (Å²) >= 11 is 6.27. The number of benzene rings is 2. The Morgan fingerprint density at radius 1 is 1.08 bits per heavy atom. The van der Waals surface area contributed by atoms with Crippen molar-refractivity contribution in [1.29, 1.82) is 0 Å². The van der Waals surface area contributed by atoms with Crippen LogP contribution in [0, 0.1) is 0 Å². The molecule has 198 valence electrons. The van der Waals surface area contributed by atoms with Crippen LogP contribution in [0.15, 0.2) is 46.9 Å². The fraction of sp³-hybridized carbons (Fsp3) is 0.407. The zero-order chi connectivity index (χ0) is 26.6. The zero-order valence-corrected chi connectivity index (χ0v) is 20.9. The molecule has 2 N–H and O–H groups in total. The van der Waals surface area contributed by atoms with Crippen LogP contribution in [0.5, 0.6) is 5.75 Å². The van der Waals surface area contributed by atoms with E-state index in [9.17, 15) is 22.8 Å². The number of nitrogens with two attached hydrogens (primary N) is 1. The van der Waals surface area contributed by atoms with Crippen molar-refractivity contribution in [3.63, 3.8) is 0 Å². The maximum Gasteiger partial charge on any atom is 0.416 e. The second kappa shape index (κ2) is 11.6. The van der Waals surface area contributed by atoms with Crippen LogP contribution in [0.3, 0.4) is 0 Å². The van der Waals surface area contributed by atoms with Gasteiger partial charge in [-0.3, -0.25) is 9.59 Å². The maximum absolute atomic E-state index is 12.4. The highest BCUT2D eigenvalue weighted by molar-refractivity contribution is 6.41. The lowest BCUT2D eigenvalue weighted by Crippen LogP contribution is -2.22. The molecule has 2 aromatic carbocycles. The molecule has 2 fully saturated rings. The van der Waals surface area contributed by atoms with Gasteiger partial charge in [-0.05, 0) is 100 Å². The molecule has 5 rings (SSSR count). The van der Waals surface area contributed by atoms with E-state index in [1.807, 2.05) is 6.07 Å². The Balaban J connectivity index is 0.000000173. The third-order valence-corrected chi connectivity index (χ3v) is 6.54. The zero-order valence-electron chi connectivity index (χ0n) is 20.2.